The van der Waals surface area contributed by atoms with Gasteiger partial charge in [-0.15, -0.1) is 0 Å². The molecule has 1 spiro atoms. The van der Waals surface area contributed by atoms with Crippen LogP contribution in [0.15, 0.2) is 60.9 Å². The Morgan fingerprint density at radius 1 is 0.974 bits per heavy atom. The molecule has 1 N–H and O–H groups in total. The van der Waals surface area contributed by atoms with Crippen molar-refractivity contribution in [2.75, 3.05) is 56.6 Å². The molecule has 3 aromatic rings. The van der Waals surface area contributed by atoms with Gasteiger partial charge in [0.2, 0.25) is 0 Å². The number of likely N-dealkylation sites (tertiary alicyclic amines) is 1. The summed E-state index contributed by atoms with van der Waals surface area (Å²) >= 11 is 0. The van der Waals surface area contributed by atoms with Crippen molar-refractivity contribution in [1.29, 1.82) is 0 Å². The number of hydrogen-bond donors (Lipinski definition) is 1. The van der Waals surface area contributed by atoms with Gasteiger partial charge in [0.15, 0.2) is 0 Å². The minimum absolute atomic E-state index is 0.0541. The molecular formula is C30H36N6O2. The number of amides is 2. The van der Waals surface area contributed by atoms with E-state index in [-0.39, 0.29) is 17.2 Å². The molecule has 4 heterocycles. The molecule has 0 radical (unpaired) electrons. The van der Waals surface area contributed by atoms with Gasteiger partial charge in [-0.1, -0.05) is 30.3 Å². The smallest absolute Gasteiger partial charge is 0.323 e. The van der Waals surface area contributed by atoms with Gasteiger partial charge in [0, 0.05) is 56.4 Å². The normalized spacial score (nSPS) is 19.5. The second kappa shape index (κ2) is 9.91. The van der Waals surface area contributed by atoms with Crippen LogP contribution < -0.4 is 9.80 Å². The Morgan fingerprint density at radius 3 is 2.42 bits per heavy atom. The van der Waals surface area contributed by atoms with Gasteiger partial charge in [0.25, 0.3) is 0 Å². The monoisotopic (exact) mass is 512 g/mol. The highest BCUT2D eigenvalue weighted by Crippen LogP contribution is 2.47. The average molecular weight is 513 g/mol. The number of urea groups is 1. The van der Waals surface area contributed by atoms with Crippen molar-refractivity contribution >= 4 is 17.5 Å². The fourth-order valence-corrected chi connectivity index (χ4v) is 6.58. The zero-order valence-corrected chi connectivity index (χ0v) is 22.3. The molecule has 3 aliphatic rings. The van der Waals surface area contributed by atoms with E-state index in [1.165, 1.54) is 5.56 Å². The third-order valence-corrected chi connectivity index (χ3v) is 8.70. The summed E-state index contributed by atoms with van der Waals surface area (Å²) < 4.78 is 0. The van der Waals surface area contributed by atoms with E-state index in [4.69, 9.17) is 4.98 Å². The number of aromatic nitrogens is 2. The summed E-state index contributed by atoms with van der Waals surface area (Å²) in [7, 11) is 3.66. The molecule has 0 aliphatic carbocycles. The molecule has 2 saturated heterocycles. The summed E-state index contributed by atoms with van der Waals surface area (Å²) in [6, 6.07) is 16.4. The fraction of sp³-hybridized carbons (Fsp3) is 0.433. The molecule has 1 aromatic heterocycles. The molecule has 0 saturated carbocycles. The number of piperidine rings is 2. The van der Waals surface area contributed by atoms with Crippen LogP contribution in [0.4, 0.5) is 16.3 Å². The molecule has 2 amide bonds. The molecular weight excluding hydrogens is 476 g/mol. The summed E-state index contributed by atoms with van der Waals surface area (Å²) in [5.74, 6) is 1.09. The Morgan fingerprint density at radius 2 is 1.68 bits per heavy atom. The summed E-state index contributed by atoms with van der Waals surface area (Å²) in [6.45, 7) is 4.79. The highest BCUT2D eigenvalue weighted by atomic mass is 16.3. The Hall–Kier alpha value is -3.65. The standard InChI is InChI=1S/C30H36N6O2/c1-33(2)29(38)36-21-30(24-8-4-5-9-26(24)36)13-17-34(18-14-30)22-11-15-35(16-12-22)28-20-31-19-25(32-28)23-7-3-6-10-27(23)37/h3-10,19-20,22,37H,11-18,21H2,1-2H3. The highest BCUT2D eigenvalue weighted by molar-refractivity contribution is 5.95. The first kappa shape index (κ1) is 24.7. The maximum atomic E-state index is 12.9. The maximum Gasteiger partial charge on any atom is 0.323 e. The van der Waals surface area contributed by atoms with Crippen LogP contribution >= 0.6 is 0 Å². The molecule has 2 aromatic carbocycles. The molecule has 38 heavy (non-hydrogen) atoms. The van der Waals surface area contributed by atoms with Crippen LogP contribution in [0.2, 0.25) is 0 Å². The fourth-order valence-electron chi connectivity index (χ4n) is 6.58. The van der Waals surface area contributed by atoms with Crippen LogP contribution in [-0.2, 0) is 5.41 Å². The van der Waals surface area contributed by atoms with Crippen LogP contribution in [0.3, 0.4) is 0 Å². The third kappa shape index (κ3) is 4.36. The summed E-state index contributed by atoms with van der Waals surface area (Å²) in [5, 5.41) is 10.2. The third-order valence-electron chi connectivity index (χ3n) is 8.70. The molecule has 0 unspecified atom stereocenters. The van der Waals surface area contributed by atoms with Crippen molar-refractivity contribution in [2.24, 2.45) is 0 Å². The van der Waals surface area contributed by atoms with E-state index in [9.17, 15) is 9.90 Å². The number of aromatic hydroxyl groups is 1. The van der Waals surface area contributed by atoms with E-state index in [0.29, 0.717) is 17.3 Å². The van der Waals surface area contributed by atoms with Crippen LogP contribution in [0.25, 0.3) is 11.3 Å². The maximum absolute atomic E-state index is 12.9. The van der Waals surface area contributed by atoms with E-state index < -0.39 is 0 Å². The van der Waals surface area contributed by atoms with Gasteiger partial charge in [0.1, 0.15) is 11.6 Å². The first-order valence-electron chi connectivity index (χ1n) is 13.6. The number of fused-ring (bicyclic) bond motifs is 2. The number of carbonyl (C=O) groups excluding carboxylic acids is 1. The molecule has 0 bridgehead atoms. The topological polar surface area (TPSA) is 76.0 Å². The van der Waals surface area contributed by atoms with Gasteiger partial charge in [-0.25, -0.2) is 9.78 Å². The van der Waals surface area contributed by atoms with E-state index in [0.717, 1.165) is 69.9 Å². The van der Waals surface area contributed by atoms with Crippen molar-refractivity contribution in [3.63, 3.8) is 0 Å². The van der Waals surface area contributed by atoms with Crippen LogP contribution in [0.5, 0.6) is 5.75 Å². The van der Waals surface area contributed by atoms with E-state index >= 15 is 0 Å². The van der Waals surface area contributed by atoms with Gasteiger partial charge < -0.3 is 19.8 Å². The lowest BCUT2D eigenvalue weighted by Gasteiger charge is -2.45. The molecule has 2 fully saturated rings. The average Bonchev–Trinajstić information content (AvgIpc) is 3.27. The minimum Gasteiger partial charge on any atom is -0.507 e. The van der Waals surface area contributed by atoms with Crippen LogP contribution in [-0.4, -0.2) is 83.8 Å². The Kier molecular flexibility index (Phi) is 6.43. The molecule has 6 rings (SSSR count). The number of phenols is 1. The lowest BCUT2D eigenvalue weighted by molar-refractivity contribution is 0.104. The summed E-state index contributed by atoms with van der Waals surface area (Å²) in [6.07, 6.45) is 7.88. The molecule has 198 valence electrons. The molecule has 8 heteroatoms. The minimum atomic E-state index is 0.0541. The summed E-state index contributed by atoms with van der Waals surface area (Å²) in [4.78, 5) is 30.8. The second-order valence-electron chi connectivity index (χ2n) is 11.1. The van der Waals surface area contributed by atoms with Crippen molar-refractivity contribution in [1.82, 2.24) is 19.8 Å². The molecule has 3 aliphatic heterocycles. The zero-order chi connectivity index (χ0) is 26.3. The van der Waals surface area contributed by atoms with Gasteiger partial charge >= 0.3 is 6.03 Å². The van der Waals surface area contributed by atoms with Gasteiger partial charge in [-0.2, -0.15) is 0 Å². The second-order valence-corrected chi connectivity index (χ2v) is 11.1. The lowest BCUT2D eigenvalue weighted by Crippen LogP contribution is -2.52. The van der Waals surface area contributed by atoms with Gasteiger partial charge in [0.05, 0.1) is 18.1 Å². The zero-order valence-electron chi connectivity index (χ0n) is 22.3. The number of phenolic OH excluding ortho intramolecular Hbond substituents is 1. The van der Waals surface area contributed by atoms with Crippen LogP contribution in [0, 0.1) is 0 Å². The number of anilines is 2. The highest BCUT2D eigenvalue weighted by Gasteiger charge is 2.47. The lowest BCUT2D eigenvalue weighted by atomic mass is 9.74. The Labute approximate surface area is 224 Å². The SMILES string of the molecule is CN(C)C(=O)N1CC2(CCN(C3CCN(c4cncc(-c5ccccc5O)n4)CC3)CC2)c2ccccc21. The number of carbonyl (C=O) groups is 1. The number of benzene rings is 2. The van der Waals surface area contributed by atoms with Crippen LogP contribution in [0.1, 0.15) is 31.2 Å². The molecule has 0 atom stereocenters. The van der Waals surface area contributed by atoms with Gasteiger partial charge in [-0.3, -0.25) is 9.88 Å². The predicted octanol–water partition coefficient (Wildman–Crippen LogP) is 4.35. The summed E-state index contributed by atoms with van der Waals surface area (Å²) in [5.41, 5.74) is 3.88. The Bertz CT molecular complexity index is 1310. The van der Waals surface area contributed by atoms with Gasteiger partial charge in [-0.05, 0) is 62.5 Å². The first-order chi connectivity index (χ1) is 18.4. The van der Waals surface area contributed by atoms with Crippen molar-refractivity contribution in [3.8, 4) is 17.0 Å². The van der Waals surface area contributed by atoms with E-state index in [2.05, 4.69) is 33.0 Å². The molecule has 8 nitrogen and oxygen atoms in total. The van der Waals surface area contributed by atoms with Crippen molar-refractivity contribution < 1.29 is 9.90 Å². The number of para-hydroxylation sites is 2. The van der Waals surface area contributed by atoms with Crippen molar-refractivity contribution in [2.45, 2.75) is 37.1 Å². The Balaban J connectivity index is 1.09. The van der Waals surface area contributed by atoms with E-state index in [1.807, 2.05) is 49.5 Å². The number of nitrogens with zero attached hydrogens (tertiary/aromatic N) is 6. The number of rotatable bonds is 3. The predicted molar refractivity (Wildman–Crippen MR) is 150 cm³/mol. The quantitative estimate of drug-likeness (QED) is 0.562. The number of hydrogen-bond acceptors (Lipinski definition) is 6. The first-order valence-corrected chi connectivity index (χ1v) is 13.6. The largest absolute Gasteiger partial charge is 0.507 e. The van der Waals surface area contributed by atoms with Crippen molar-refractivity contribution in [3.05, 3.63) is 66.5 Å². The van der Waals surface area contributed by atoms with E-state index in [1.54, 1.807) is 17.2 Å².